The Bertz CT molecular complexity index is 855. The second kappa shape index (κ2) is 7.52. The third-order valence-electron chi connectivity index (χ3n) is 4.04. The SMILES string of the molecule is CC(C)(C)OC(=O)CNC(=O)C1c2ccccc2C(=O)N1Cc1cccs1. The molecule has 0 fully saturated rings. The first-order chi connectivity index (χ1) is 12.8. The van der Waals surface area contributed by atoms with Crippen LogP contribution in [0.3, 0.4) is 0 Å². The molecule has 1 aliphatic rings. The van der Waals surface area contributed by atoms with E-state index < -0.39 is 23.5 Å². The molecule has 0 saturated carbocycles. The van der Waals surface area contributed by atoms with Crippen molar-refractivity contribution in [2.45, 2.75) is 39.0 Å². The molecule has 3 rings (SSSR count). The van der Waals surface area contributed by atoms with Gasteiger partial charge in [0.1, 0.15) is 18.2 Å². The topological polar surface area (TPSA) is 75.7 Å². The van der Waals surface area contributed by atoms with Crippen molar-refractivity contribution in [2.24, 2.45) is 0 Å². The van der Waals surface area contributed by atoms with Gasteiger partial charge in [-0.1, -0.05) is 24.3 Å². The zero-order valence-corrected chi connectivity index (χ0v) is 16.3. The molecule has 0 bridgehead atoms. The zero-order valence-electron chi connectivity index (χ0n) is 15.5. The number of ether oxygens (including phenoxy) is 1. The summed E-state index contributed by atoms with van der Waals surface area (Å²) in [6.07, 6.45) is 0. The van der Waals surface area contributed by atoms with Crippen LogP contribution >= 0.6 is 11.3 Å². The molecule has 0 radical (unpaired) electrons. The van der Waals surface area contributed by atoms with Gasteiger partial charge in [0.2, 0.25) is 5.91 Å². The largest absolute Gasteiger partial charge is 0.459 e. The van der Waals surface area contributed by atoms with E-state index in [0.29, 0.717) is 17.7 Å². The molecule has 142 valence electrons. The highest BCUT2D eigenvalue weighted by molar-refractivity contribution is 7.09. The van der Waals surface area contributed by atoms with E-state index in [1.807, 2.05) is 17.5 Å². The molecular weight excluding hydrogens is 364 g/mol. The lowest BCUT2D eigenvalue weighted by Crippen LogP contribution is -2.41. The van der Waals surface area contributed by atoms with Gasteiger partial charge in [-0.3, -0.25) is 14.4 Å². The van der Waals surface area contributed by atoms with E-state index in [-0.39, 0.29) is 12.5 Å². The minimum Gasteiger partial charge on any atom is -0.459 e. The normalized spacial score (nSPS) is 16.2. The van der Waals surface area contributed by atoms with Crippen LogP contribution in [0, 0.1) is 0 Å². The summed E-state index contributed by atoms with van der Waals surface area (Å²) in [4.78, 5) is 40.1. The van der Waals surface area contributed by atoms with Gasteiger partial charge in [-0.05, 0) is 43.8 Å². The number of hydrogen-bond acceptors (Lipinski definition) is 5. The highest BCUT2D eigenvalue weighted by Gasteiger charge is 2.41. The average Bonchev–Trinajstić information content (AvgIpc) is 3.19. The molecule has 1 aromatic carbocycles. The molecular formula is C20H22N2O4S. The molecule has 0 saturated heterocycles. The summed E-state index contributed by atoms with van der Waals surface area (Å²) in [5.74, 6) is -1.09. The fourth-order valence-corrected chi connectivity index (χ4v) is 3.72. The van der Waals surface area contributed by atoms with Crippen LogP contribution in [0.1, 0.15) is 47.6 Å². The molecule has 1 atom stereocenters. The number of carbonyl (C=O) groups is 3. The lowest BCUT2D eigenvalue weighted by atomic mass is 10.0. The van der Waals surface area contributed by atoms with E-state index in [9.17, 15) is 14.4 Å². The molecule has 1 aromatic heterocycles. The fraction of sp³-hybridized carbons (Fsp3) is 0.350. The second-order valence-electron chi connectivity index (χ2n) is 7.31. The van der Waals surface area contributed by atoms with E-state index >= 15 is 0 Å². The van der Waals surface area contributed by atoms with Crippen LogP contribution in [0.4, 0.5) is 0 Å². The Morgan fingerprint density at radius 2 is 1.93 bits per heavy atom. The molecule has 0 spiro atoms. The van der Waals surface area contributed by atoms with Crippen LogP contribution in [0.15, 0.2) is 41.8 Å². The average molecular weight is 386 g/mol. The van der Waals surface area contributed by atoms with E-state index in [0.717, 1.165) is 4.88 Å². The lowest BCUT2D eigenvalue weighted by molar-refractivity contribution is -0.154. The first-order valence-electron chi connectivity index (χ1n) is 8.68. The van der Waals surface area contributed by atoms with E-state index in [2.05, 4.69) is 5.32 Å². The van der Waals surface area contributed by atoms with Crippen molar-refractivity contribution in [3.05, 3.63) is 57.8 Å². The number of hydrogen-bond donors (Lipinski definition) is 1. The fourth-order valence-electron chi connectivity index (χ4n) is 3.02. The van der Waals surface area contributed by atoms with Crippen molar-refractivity contribution in [2.75, 3.05) is 6.54 Å². The third-order valence-corrected chi connectivity index (χ3v) is 4.90. The van der Waals surface area contributed by atoms with Gasteiger partial charge >= 0.3 is 5.97 Å². The number of benzene rings is 1. The van der Waals surface area contributed by atoms with Crippen molar-refractivity contribution in [3.8, 4) is 0 Å². The molecule has 1 unspecified atom stereocenters. The zero-order chi connectivity index (χ0) is 19.6. The number of amides is 2. The standard InChI is InChI=1S/C20H22N2O4S/c1-20(2,3)26-16(23)11-21-18(24)17-14-8-4-5-9-15(14)19(25)22(17)12-13-7-6-10-27-13/h4-10,17H,11-12H2,1-3H3,(H,21,24). The minimum atomic E-state index is -0.766. The Hall–Kier alpha value is -2.67. The number of esters is 1. The summed E-state index contributed by atoms with van der Waals surface area (Å²) < 4.78 is 5.22. The van der Waals surface area contributed by atoms with E-state index in [1.165, 1.54) is 11.3 Å². The minimum absolute atomic E-state index is 0.184. The number of nitrogens with one attached hydrogen (secondary N) is 1. The summed E-state index contributed by atoms with van der Waals surface area (Å²) >= 11 is 1.53. The molecule has 2 amide bonds. The van der Waals surface area contributed by atoms with Crippen LogP contribution in [0.25, 0.3) is 0 Å². The quantitative estimate of drug-likeness (QED) is 0.802. The Kier molecular flexibility index (Phi) is 5.32. The molecule has 1 N–H and O–H groups in total. The van der Waals surface area contributed by atoms with Gasteiger partial charge in [0.15, 0.2) is 0 Å². The van der Waals surface area contributed by atoms with Crippen molar-refractivity contribution in [3.63, 3.8) is 0 Å². The Balaban J connectivity index is 1.78. The maximum absolute atomic E-state index is 12.9. The van der Waals surface area contributed by atoms with Crippen molar-refractivity contribution >= 4 is 29.1 Å². The van der Waals surface area contributed by atoms with Gasteiger partial charge in [-0.25, -0.2) is 0 Å². The maximum atomic E-state index is 12.9. The molecule has 7 heteroatoms. The van der Waals surface area contributed by atoms with Crippen LogP contribution in [0.2, 0.25) is 0 Å². The van der Waals surface area contributed by atoms with Gasteiger partial charge in [0.05, 0.1) is 6.54 Å². The summed E-state index contributed by atoms with van der Waals surface area (Å²) in [5, 5.41) is 4.55. The highest BCUT2D eigenvalue weighted by Crippen LogP contribution is 2.35. The van der Waals surface area contributed by atoms with Crippen LogP contribution < -0.4 is 5.32 Å². The molecule has 2 aromatic rings. The van der Waals surface area contributed by atoms with Gasteiger partial charge in [0, 0.05) is 10.4 Å². The smallest absolute Gasteiger partial charge is 0.325 e. The Morgan fingerprint density at radius 1 is 1.19 bits per heavy atom. The van der Waals surface area contributed by atoms with Crippen molar-refractivity contribution < 1.29 is 19.1 Å². The molecule has 6 nitrogen and oxygen atoms in total. The van der Waals surface area contributed by atoms with Crippen LogP contribution in [-0.4, -0.2) is 34.8 Å². The second-order valence-corrected chi connectivity index (χ2v) is 8.34. The number of nitrogens with zero attached hydrogens (tertiary/aromatic N) is 1. The lowest BCUT2D eigenvalue weighted by Gasteiger charge is -2.24. The predicted octanol–water partition coefficient (Wildman–Crippen LogP) is 2.90. The summed E-state index contributed by atoms with van der Waals surface area (Å²) in [6, 6.07) is 10.1. The van der Waals surface area contributed by atoms with Gasteiger partial charge < -0.3 is 15.0 Å². The first-order valence-corrected chi connectivity index (χ1v) is 9.56. The van der Waals surface area contributed by atoms with Crippen LogP contribution in [0.5, 0.6) is 0 Å². The third kappa shape index (κ3) is 4.36. The van der Waals surface area contributed by atoms with E-state index in [4.69, 9.17) is 4.74 Å². The molecule has 0 aliphatic carbocycles. The number of rotatable bonds is 5. The highest BCUT2D eigenvalue weighted by atomic mass is 32.1. The summed E-state index contributed by atoms with van der Waals surface area (Å²) in [5.41, 5.74) is 0.551. The predicted molar refractivity (Wildman–Crippen MR) is 102 cm³/mol. The number of carbonyl (C=O) groups excluding carboxylic acids is 3. The monoisotopic (exact) mass is 386 g/mol. The van der Waals surface area contributed by atoms with Crippen LogP contribution in [-0.2, 0) is 20.9 Å². The van der Waals surface area contributed by atoms with Gasteiger partial charge in [0.25, 0.3) is 5.91 Å². The summed E-state index contributed by atoms with van der Waals surface area (Å²) in [6.45, 7) is 5.40. The molecule has 27 heavy (non-hydrogen) atoms. The van der Waals surface area contributed by atoms with Crippen molar-refractivity contribution in [1.82, 2.24) is 10.2 Å². The Morgan fingerprint density at radius 3 is 2.59 bits per heavy atom. The molecule has 1 aliphatic heterocycles. The Labute approximate surface area is 162 Å². The first kappa shape index (κ1) is 19.1. The van der Waals surface area contributed by atoms with E-state index in [1.54, 1.807) is 49.9 Å². The van der Waals surface area contributed by atoms with Gasteiger partial charge in [-0.15, -0.1) is 11.3 Å². The summed E-state index contributed by atoms with van der Waals surface area (Å²) in [7, 11) is 0. The van der Waals surface area contributed by atoms with Gasteiger partial charge in [-0.2, -0.15) is 0 Å². The number of fused-ring (bicyclic) bond motifs is 1. The van der Waals surface area contributed by atoms with Crippen molar-refractivity contribution in [1.29, 1.82) is 0 Å². The number of thiophene rings is 1. The molecule has 2 heterocycles. The maximum Gasteiger partial charge on any atom is 0.325 e.